The molecule has 1 aromatic heterocycles. The van der Waals surface area contributed by atoms with Gasteiger partial charge in [0.1, 0.15) is 0 Å². The summed E-state index contributed by atoms with van der Waals surface area (Å²) in [5.74, 6) is -1.01. The van der Waals surface area contributed by atoms with Crippen molar-refractivity contribution in [1.29, 1.82) is 0 Å². The van der Waals surface area contributed by atoms with E-state index in [0.29, 0.717) is 5.02 Å². The van der Waals surface area contributed by atoms with Crippen LogP contribution in [0.5, 0.6) is 0 Å². The highest BCUT2D eigenvalue weighted by molar-refractivity contribution is 6.30. The maximum Gasteiger partial charge on any atom is 0.309 e. The Morgan fingerprint density at radius 3 is 3.13 bits per heavy atom. The summed E-state index contributed by atoms with van der Waals surface area (Å²) in [5, 5.41) is 0.342. The number of rotatable bonds is 3. The van der Waals surface area contributed by atoms with E-state index in [2.05, 4.69) is 9.72 Å². The first kappa shape index (κ1) is 11.7. The number of hydrogen-bond donors (Lipinski definition) is 0. The molecule has 0 saturated heterocycles. The highest BCUT2D eigenvalue weighted by Crippen LogP contribution is 2.13. The zero-order chi connectivity index (χ0) is 11.3. The first-order chi connectivity index (χ1) is 7.13. The molecule has 0 radical (unpaired) electrons. The Morgan fingerprint density at radius 2 is 2.47 bits per heavy atom. The standard InChI is InChI=1S/C10H9ClFNO2/c1-15-9(14)4-2-3-7-5-8(11)6-13-10(7)12/h2-3,5-6H,4H2,1H3. The molecule has 3 nitrogen and oxygen atoms in total. The van der Waals surface area contributed by atoms with Gasteiger partial charge in [-0.2, -0.15) is 4.39 Å². The van der Waals surface area contributed by atoms with Gasteiger partial charge < -0.3 is 4.74 Å². The Labute approximate surface area is 91.5 Å². The summed E-state index contributed by atoms with van der Waals surface area (Å²) < 4.78 is 17.5. The van der Waals surface area contributed by atoms with Crippen LogP contribution >= 0.6 is 11.6 Å². The van der Waals surface area contributed by atoms with Gasteiger partial charge in [-0.05, 0) is 6.07 Å². The lowest BCUT2D eigenvalue weighted by Gasteiger charge is -1.96. The van der Waals surface area contributed by atoms with E-state index in [0.717, 1.165) is 0 Å². The van der Waals surface area contributed by atoms with Crippen molar-refractivity contribution in [3.8, 4) is 0 Å². The number of carbonyl (C=O) groups excluding carboxylic acids is 1. The van der Waals surface area contributed by atoms with Crippen LogP contribution in [0.4, 0.5) is 4.39 Å². The maximum atomic E-state index is 13.0. The number of esters is 1. The molecule has 0 unspecified atom stereocenters. The number of halogens is 2. The van der Waals surface area contributed by atoms with Gasteiger partial charge in [0.2, 0.25) is 5.95 Å². The van der Waals surface area contributed by atoms with Crippen molar-refractivity contribution in [2.24, 2.45) is 0 Å². The van der Waals surface area contributed by atoms with Gasteiger partial charge >= 0.3 is 5.97 Å². The lowest BCUT2D eigenvalue weighted by Crippen LogP contribution is -1.96. The molecule has 0 saturated carbocycles. The fourth-order valence-corrected chi connectivity index (χ4v) is 1.09. The molecular weight excluding hydrogens is 221 g/mol. The normalized spacial score (nSPS) is 10.6. The van der Waals surface area contributed by atoms with Crippen molar-refractivity contribution in [1.82, 2.24) is 4.98 Å². The van der Waals surface area contributed by atoms with Crippen LogP contribution < -0.4 is 0 Å². The Balaban J connectivity index is 2.71. The first-order valence-electron chi connectivity index (χ1n) is 4.18. The molecule has 0 aromatic carbocycles. The first-order valence-corrected chi connectivity index (χ1v) is 4.55. The molecule has 0 aliphatic rings. The molecule has 1 heterocycles. The van der Waals surface area contributed by atoms with E-state index in [9.17, 15) is 9.18 Å². The Hall–Kier alpha value is -1.42. The van der Waals surface area contributed by atoms with Crippen LogP contribution in [-0.2, 0) is 9.53 Å². The highest BCUT2D eigenvalue weighted by atomic mass is 35.5. The Morgan fingerprint density at radius 1 is 1.73 bits per heavy atom. The number of pyridine rings is 1. The van der Waals surface area contributed by atoms with Crippen LogP contribution in [-0.4, -0.2) is 18.1 Å². The van der Waals surface area contributed by atoms with Crippen LogP contribution in [0.25, 0.3) is 6.08 Å². The second-order valence-corrected chi connectivity index (χ2v) is 3.15. The number of ether oxygens (including phenoxy) is 1. The molecule has 5 heteroatoms. The molecule has 1 aromatic rings. The van der Waals surface area contributed by atoms with Crippen molar-refractivity contribution >= 4 is 23.6 Å². The van der Waals surface area contributed by atoms with E-state index < -0.39 is 5.95 Å². The second-order valence-electron chi connectivity index (χ2n) is 2.72. The zero-order valence-corrected chi connectivity index (χ0v) is 8.79. The summed E-state index contributed by atoms with van der Waals surface area (Å²) in [5.41, 5.74) is 0.242. The average molecular weight is 230 g/mol. The molecule has 80 valence electrons. The number of methoxy groups -OCH3 is 1. The van der Waals surface area contributed by atoms with Crippen LogP contribution in [0.1, 0.15) is 12.0 Å². The molecule has 0 aliphatic carbocycles. The third-order valence-corrected chi connectivity index (χ3v) is 1.85. The van der Waals surface area contributed by atoms with Gasteiger partial charge in [0.25, 0.3) is 0 Å². The summed E-state index contributed by atoms with van der Waals surface area (Å²) in [4.78, 5) is 14.2. The van der Waals surface area contributed by atoms with Crippen molar-refractivity contribution < 1.29 is 13.9 Å². The number of nitrogens with zero attached hydrogens (tertiary/aromatic N) is 1. The minimum atomic E-state index is -0.625. The second kappa shape index (κ2) is 5.46. The lowest BCUT2D eigenvalue weighted by molar-refractivity contribution is -0.139. The van der Waals surface area contributed by atoms with Crippen molar-refractivity contribution in [2.45, 2.75) is 6.42 Å². The van der Waals surface area contributed by atoms with Crippen LogP contribution in [0.15, 0.2) is 18.3 Å². The van der Waals surface area contributed by atoms with Crippen molar-refractivity contribution in [3.05, 3.63) is 34.9 Å². The summed E-state index contributed by atoms with van der Waals surface area (Å²) in [6, 6.07) is 1.43. The van der Waals surface area contributed by atoms with Gasteiger partial charge in [0.05, 0.1) is 18.6 Å². The molecular formula is C10H9ClFNO2. The smallest absolute Gasteiger partial charge is 0.309 e. The summed E-state index contributed by atoms with van der Waals surface area (Å²) in [7, 11) is 1.29. The van der Waals surface area contributed by atoms with E-state index in [-0.39, 0.29) is 18.0 Å². The van der Waals surface area contributed by atoms with Crippen LogP contribution in [0.2, 0.25) is 5.02 Å². The zero-order valence-electron chi connectivity index (χ0n) is 8.04. The van der Waals surface area contributed by atoms with E-state index in [1.165, 1.54) is 31.5 Å². The monoisotopic (exact) mass is 229 g/mol. The minimum absolute atomic E-state index is 0.0858. The molecule has 0 spiro atoms. The topological polar surface area (TPSA) is 39.2 Å². The lowest BCUT2D eigenvalue weighted by atomic mass is 10.2. The van der Waals surface area contributed by atoms with Gasteiger partial charge in [-0.3, -0.25) is 4.79 Å². The summed E-state index contributed by atoms with van der Waals surface area (Å²) in [6.07, 6.45) is 4.23. The molecule has 0 atom stereocenters. The third kappa shape index (κ3) is 3.67. The SMILES string of the molecule is COC(=O)CC=Cc1cc(Cl)cnc1F. The third-order valence-electron chi connectivity index (χ3n) is 1.64. The molecule has 0 bridgehead atoms. The highest BCUT2D eigenvalue weighted by Gasteiger charge is 2.01. The van der Waals surface area contributed by atoms with Crippen molar-refractivity contribution in [2.75, 3.05) is 7.11 Å². The molecule has 15 heavy (non-hydrogen) atoms. The predicted molar refractivity (Wildman–Crippen MR) is 54.9 cm³/mol. The van der Waals surface area contributed by atoms with E-state index >= 15 is 0 Å². The molecule has 0 fully saturated rings. The summed E-state index contributed by atoms with van der Waals surface area (Å²) in [6.45, 7) is 0. The predicted octanol–water partition coefficient (Wildman–Crippen LogP) is 2.45. The maximum absolute atomic E-state index is 13.0. The molecule has 0 amide bonds. The Bertz CT molecular complexity index is 393. The minimum Gasteiger partial charge on any atom is -0.469 e. The summed E-state index contributed by atoms with van der Waals surface area (Å²) >= 11 is 5.63. The fraction of sp³-hybridized carbons (Fsp3) is 0.200. The molecule has 0 N–H and O–H groups in total. The fourth-order valence-electron chi connectivity index (χ4n) is 0.921. The van der Waals surface area contributed by atoms with Gasteiger partial charge in [-0.15, -0.1) is 0 Å². The van der Waals surface area contributed by atoms with Crippen LogP contribution in [0.3, 0.4) is 0 Å². The van der Waals surface area contributed by atoms with Crippen LogP contribution in [0, 0.1) is 5.95 Å². The van der Waals surface area contributed by atoms with Gasteiger partial charge in [-0.1, -0.05) is 23.8 Å². The molecule has 0 aliphatic heterocycles. The largest absolute Gasteiger partial charge is 0.469 e. The number of aromatic nitrogens is 1. The quantitative estimate of drug-likeness (QED) is 0.590. The Kier molecular flexibility index (Phi) is 4.24. The van der Waals surface area contributed by atoms with E-state index in [1.54, 1.807) is 0 Å². The van der Waals surface area contributed by atoms with E-state index in [1.807, 2.05) is 0 Å². The van der Waals surface area contributed by atoms with Gasteiger partial charge in [0.15, 0.2) is 0 Å². The van der Waals surface area contributed by atoms with Crippen molar-refractivity contribution in [3.63, 3.8) is 0 Å². The van der Waals surface area contributed by atoms with E-state index in [4.69, 9.17) is 11.6 Å². The molecule has 1 rings (SSSR count). The average Bonchev–Trinajstić information content (AvgIpc) is 2.23. The number of carbonyl (C=O) groups is 1. The number of hydrogen-bond acceptors (Lipinski definition) is 3. The van der Waals surface area contributed by atoms with Gasteiger partial charge in [-0.25, -0.2) is 4.98 Å². The van der Waals surface area contributed by atoms with Gasteiger partial charge in [0, 0.05) is 11.8 Å².